The van der Waals surface area contributed by atoms with Crippen LogP contribution in [0.1, 0.15) is 45.2 Å². The highest BCUT2D eigenvalue weighted by atomic mass is 16.5. The van der Waals surface area contributed by atoms with Crippen LogP contribution in [-0.2, 0) is 9.59 Å². The highest BCUT2D eigenvalue weighted by Crippen LogP contribution is 2.43. The van der Waals surface area contributed by atoms with Gasteiger partial charge in [0.1, 0.15) is 6.04 Å². The molecule has 1 aliphatic carbocycles. The van der Waals surface area contributed by atoms with E-state index < -0.39 is 11.6 Å². The molecule has 2 aliphatic rings. The van der Waals surface area contributed by atoms with E-state index in [9.17, 15) is 9.59 Å². The minimum atomic E-state index is -0.690. The maximum Gasteiger partial charge on any atom is 0.247 e. The fourth-order valence-corrected chi connectivity index (χ4v) is 3.86. The minimum absolute atomic E-state index is 0.0138. The second-order valence-corrected chi connectivity index (χ2v) is 8.12. The summed E-state index contributed by atoms with van der Waals surface area (Å²) in [5.74, 6) is 0.964. The van der Waals surface area contributed by atoms with Crippen LogP contribution in [0.2, 0.25) is 0 Å². The maximum atomic E-state index is 13.2. The summed E-state index contributed by atoms with van der Waals surface area (Å²) in [5, 5.41) is 3.03. The zero-order valence-corrected chi connectivity index (χ0v) is 16.6. The SMILES string of the molecule is COc1ccc(C(C(=O)NC(C)(C)C)N2C(=O)[C@@H]3CC=CC[C@@H]32)cc1OC. The van der Waals surface area contributed by atoms with Crippen LogP contribution >= 0.6 is 0 Å². The summed E-state index contributed by atoms with van der Waals surface area (Å²) >= 11 is 0. The zero-order valence-electron chi connectivity index (χ0n) is 16.6. The summed E-state index contributed by atoms with van der Waals surface area (Å²) in [6.07, 6.45) is 5.67. The lowest BCUT2D eigenvalue weighted by Gasteiger charge is -2.51. The van der Waals surface area contributed by atoms with Crippen molar-refractivity contribution in [3.8, 4) is 11.5 Å². The van der Waals surface area contributed by atoms with E-state index in [0.29, 0.717) is 11.5 Å². The standard InChI is InChI=1S/C21H28N2O4/c1-21(2,3)22-19(24)18(13-10-11-16(26-4)17(12-13)27-5)23-15-9-7-6-8-14(15)20(23)25/h6-7,10-12,14-15,18H,8-9H2,1-5H3,(H,22,24)/t14-,15+,18?/m1/s1. The Balaban J connectivity index is 1.99. The van der Waals surface area contributed by atoms with Crippen molar-refractivity contribution < 1.29 is 19.1 Å². The van der Waals surface area contributed by atoms with Crippen LogP contribution in [0.3, 0.4) is 0 Å². The van der Waals surface area contributed by atoms with Gasteiger partial charge in [-0.3, -0.25) is 9.59 Å². The monoisotopic (exact) mass is 372 g/mol. The number of allylic oxidation sites excluding steroid dienone is 1. The Kier molecular flexibility index (Phi) is 5.18. The van der Waals surface area contributed by atoms with E-state index in [-0.39, 0.29) is 23.8 Å². The molecule has 3 rings (SSSR count). The Morgan fingerprint density at radius 3 is 2.44 bits per heavy atom. The first-order valence-corrected chi connectivity index (χ1v) is 9.28. The van der Waals surface area contributed by atoms with E-state index in [4.69, 9.17) is 9.47 Å². The number of fused-ring (bicyclic) bond motifs is 1. The number of hydrogen-bond acceptors (Lipinski definition) is 4. The van der Waals surface area contributed by atoms with Crippen LogP contribution in [-0.4, -0.2) is 42.5 Å². The molecule has 1 fully saturated rings. The smallest absolute Gasteiger partial charge is 0.247 e. The minimum Gasteiger partial charge on any atom is -0.493 e. The normalized spacial score (nSPS) is 22.6. The Labute approximate surface area is 160 Å². The predicted molar refractivity (Wildman–Crippen MR) is 103 cm³/mol. The first-order chi connectivity index (χ1) is 12.8. The van der Waals surface area contributed by atoms with Crippen molar-refractivity contribution in [3.63, 3.8) is 0 Å². The first kappa shape index (κ1) is 19.3. The predicted octanol–water partition coefficient (Wildman–Crippen LogP) is 2.84. The number of carbonyl (C=O) groups is 2. The molecule has 0 spiro atoms. The Bertz CT molecular complexity index is 766. The number of rotatable bonds is 5. The highest BCUT2D eigenvalue weighted by Gasteiger charge is 2.52. The summed E-state index contributed by atoms with van der Waals surface area (Å²) < 4.78 is 10.7. The zero-order chi connectivity index (χ0) is 19.8. The van der Waals surface area contributed by atoms with Gasteiger partial charge in [0.2, 0.25) is 11.8 Å². The van der Waals surface area contributed by atoms with Crippen molar-refractivity contribution >= 4 is 11.8 Å². The summed E-state index contributed by atoms with van der Waals surface area (Å²) in [7, 11) is 3.13. The Morgan fingerprint density at radius 1 is 1.15 bits per heavy atom. The maximum absolute atomic E-state index is 13.2. The number of β-lactam (4-membered cyclic amide) rings is 1. The Hall–Kier alpha value is -2.50. The molecule has 1 aromatic rings. The van der Waals surface area contributed by atoms with Crippen molar-refractivity contribution in [2.45, 2.75) is 51.2 Å². The van der Waals surface area contributed by atoms with Crippen molar-refractivity contribution in [3.05, 3.63) is 35.9 Å². The van der Waals surface area contributed by atoms with Crippen LogP contribution in [0, 0.1) is 5.92 Å². The van der Waals surface area contributed by atoms with Crippen molar-refractivity contribution in [2.75, 3.05) is 14.2 Å². The molecule has 6 nitrogen and oxygen atoms in total. The molecule has 3 atom stereocenters. The highest BCUT2D eigenvalue weighted by molar-refractivity contribution is 5.94. The van der Waals surface area contributed by atoms with Gasteiger partial charge in [-0.2, -0.15) is 0 Å². The van der Waals surface area contributed by atoms with Gasteiger partial charge < -0.3 is 19.7 Å². The van der Waals surface area contributed by atoms with E-state index >= 15 is 0 Å². The molecule has 0 radical (unpaired) electrons. The molecule has 0 aromatic heterocycles. The quantitative estimate of drug-likeness (QED) is 0.637. The molecule has 1 unspecified atom stereocenters. The van der Waals surface area contributed by atoms with Gasteiger partial charge in [-0.1, -0.05) is 18.2 Å². The number of ether oxygens (including phenoxy) is 2. The Morgan fingerprint density at radius 2 is 1.81 bits per heavy atom. The molecule has 1 N–H and O–H groups in total. The third-order valence-corrected chi connectivity index (χ3v) is 5.08. The van der Waals surface area contributed by atoms with Gasteiger partial charge in [0.25, 0.3) is 0 Å². The van der Waals surface area contributed by atoms with Crippen molar-refractivity contribution in [1.82, 2.24) is 10.2 Å². The summed E-state index contributed by atoms with van der Waals surface area (Å²) in [6.45, 7) is 5.79. The number of hydrogen-bond donors (Lipinski definition) is 1. The fraction of sp³-hybridized carbons (Fsp3) is 0.524. The molecule has 27 heavy (non-hydrogen) atoms. The van der Waals surface area contributed by atoms with Gasteiger partial charge in [-0.15, -0.1) is 0 Å². The van der Waals surface area contributed by atoms with Crippen LogP contribution in [0.15, 0.2) is 30.4 Å². The van der Waals surface area contributed by atoms with Crippen LogP contribution < -0.4 is 14.8 Å². The average Bonchev–Trinajstić information content (AvgIpc) is 2.63. The number of amides is 2. The van der Waals surface area contributed by atoms with Crippen LogP contribution in [0.5, 0.6) is 11.5 Å². The molecule has 2 amide bonds. The van der Waals surface area contributed by atoms with Gasteiger partial charge >= 0.3 is 0 Å². The fourth-order valence-electron chi connectivity index (χ4n) is 3.86. The molecule has 6 heteroatoms. The van der Waals surface area contributed by atoms with Crippen molar-refractivity contribution in [1.29, 1.82) is 0 Å². The largest absolute Gasteiger partial charge is 0.493 e. The van der Waals surface area contributed by atoms with Gasteiger partial charge in [0.15, 0.2) is 11.5 Å². The molecule has 0 saturated carbocycles. The lowest BCUT2D eigenvalue weighted by atomic mass is 9.77. The third-order valence-electron chi connectivity index (χ3n) is 5.08. The van der Waals surface area contributed by atoms with E-state index in [1.165, 1.54) is 0 Å². The van der Waals surface area contributed by atoms with Crippen LogP contribution in [0.4, 0.5) is 0 Å². The molecule has 1 saturated heterocycles. The lowest BCUT2D eigenvalue weighted by Crippen LogP contribution is -2.64. The molecule has 146 valence electrons. The molecule has 1 aromatic carbocycles. The van der Waals surface area contributed by atoms with E-state index in [1.54, 1.807) is 31.3 Å². The van der Waals surface area contributed by atoms with Gasteiger partial charge in [-0.05, 0) is 51.3 Å². The van der Waals surface area contributed by atoms with Gasteiger partial charge in [0, 0.05) is 11.6 Å². The summed E-state index contributed by atoms with van der Waals surface area (Å²) in [4.78, 5) is 27.7. The molecule has 1 aliphatic heterocycles. The topological polar surface area (TPSA) is 67.9 Å². The molecule has 0 bridgehead atoms. The second kappa shape index (κ2) is 7.25. The van der Waals surface area contributed by atoms with E-state index in [2.05, 4.69) is 17.5 Å². The lowest BCUT2D eigenvalue weighted by molar-refractivity contribution is -0.165. The van der Waals surface area contributed by atoms with Gasteiger partial charge in [-0.25, -0.2) is 0 Å². The number of methoxy groups -OCH3 is 2. The summed E-state index contributed by atoms with van der Waals surface area (Å²) in [6, 6.07) is 4.75. The van der Waals surface area contributed by atoms with Crippen LogP contribution in [0.25, 0.3) is 0 Å². The van der Waals surface area contributed by atoms with Crippen molar-refractivity contribution in [2.24, 2.45) is 5.92 Å². The number of nitrogens with one attached hydrogen (secondary N) is 1. The molecular formula is C21H28N2O4. The summed E-state index contributed by atoms with van der Waals surface area (Å²) in [5.41, 5.74) is 0.321. The average molecular weight is 372 g/mol. The second-order valence-electron chi connectivity index (χ2n) is 8.12. The number of likely N-dealkylation sites (tertiary alicyclic amines) is 1. The van der Waals surface area contributed by atoms with Gasteiger partial charge in [0.05, 0.1) is 20.1 Å². The third kappa shape index (κ3) is 3.66. The number of benzene rings is 1. The van der Waals surface area contributed by atoms with E-state index in [0.717, 1.165) is 18.4 Å². The molecule has 1 heterocycles. The molecular weight excluding hydrogens is 344 g/mol. The van der Waals surface area contributed by atoms with E-state index in [1.807, 2.05) is 26.8 Å². The number of nitrogens with zero attached hydrogens (tertiary/aromatic N) is 1. The number of carbonyl (C=O) groups excluding carboxylic acids is 2. The first-order valence-electron chi connectivity index (χ1n) is 9.28.